The van der Waals surface area contributed by atoms with E-state index in [4.69, 9.17) is 5.73 Å². The van der Waals surface area contributed by atoms with Crippen molar-refractivity contribution >= 4 is 35.9 Å². The molecule has 0 spiro atoms. The average molecular weight is 335 g/mol. The van der Waals surface area contributed by atoms with Gasteiger partial charge in [-0.15, -0.1) is 5.10 Å². The number of primary amides is 1. The van der Waals surface area contributed by atoms with Crippen molar-refractivity contribution in [3.63, 3.8) is 0 Å². The van der Waals surface area contributed by atoms with Gasteiger partial charge in [0.15, 0.2) is 0 Å². The first-order valence-electron chi connectivity index (χ1n) is 6.57. The van der Waals surface area contributed by atoms with E-state index < -0.39 is 17.2 Å². The Balaban J connectivity index is 1.96. The van der Waals surface area contributed by atoms with Gasteiger partial charge < -0.3 is 5.73 Å². The number of urea groups is 1. The first-order chi connectivity index (χ1) is 10.9. The molecule has 0 saturated carbocycles. The highest BCUT2D eigenvalue weighted by Crippen LogP contribution is 2.19. The predicted molar refractivity (Wildman–Crippen MR) is 84.8 cm³/mol. The zero-order chi connectivity index (χ0) is 16.8. The Bertz CT molecular complexity index is 729. The minimum absolute atomic E-state index is 0.302. The second-order valence-electron chi connectivity index (χ2n) is 4.50. The number of nitrogens with one attached hydrogen (secondary N) is 2. The first kappa shape index (κ1) is 16.7. The topological polar surface area (TPSA) is 114 Å². The Morgan fingerprint density at radius 1 is 1.35 bits per heavy atom. The van der Waals surface area contributed by atoms with Crippen LogP contribution in [0.1, 0.15) is 18.3 Å². The van der Waals surface area contributed by atoms with Crippen LogP contribution in [0, 0.1) is 5.82 Å². The third kappa shape index (κ3) is 5.22. The molecular formula is C14H14FN5O2S. The standard InChI is InChI=1S/C14H14FN5O2S/c1-8(12(21)18-13(16)22)23-14-17-11(19-20-14)7-4-9-2-5-10(15)6-3-9/h2-8H,1H3,(H,17,19,20)(H3,16,18,21,22)/b7-4+. The van der Waals surface area contributed by atoms with Gasteiger partial charge in [-0.05, 0) is 30.7 Å². The van der Waals surface area contributed by atoms with E-state index in [1.807, 2.05) is 5.32 Å². The molecule has 0 saturated heterocycles. The lowest BCUT2D eigenvalue weighted by molar-refractivity contribution is -0.119. The number of benzene rings is 1. The van der Waals surface area contributed by atoms with E-state index in [9.17, 15) is 14.0 Å². The number of aromatic amines is 1. The number of hydrogen-bond acceptors (Lipinski definition) is 5. The number of carbonyl (C=O) groups is 2. The molecule has 1 atom stereocenters. The maximum Gasteiger partial charge on any atom is 0.318 e. The van der Waals surface area contributed by atoms with Gasteiger partial charge in [0.25, 0.3) is 0 Å². The molecule has 4 N–H and O–H groups in total. The van der Waals surface area contributed by atoms with Crippen molar-refractivity contribution in [3.8, 4) is 0 Å². The SMILES string of the molecule is CC(Sc1n[nH]c(/C=C/c2ccc(F)cc2)n1)C(=O)NC(N)=O. The number of nitrogens with two attached hydrogens (primary N) is 1. The summed E-state index contributed by atoms with van der Waals surface area (Å²) in [5.41, 5.74) is 5.69. The molecule has 1 heterocycles. The van der Waals surface area contributed by atoms with Crippen molar-refractivity contribution in [1.29, 1.82) is 0 Å². The molecule has 0 radical (unpaired) electrons. The van der Waals surface area contributed by atoms with Crippen molar-refractivity contribution < 1.29 is 14.0 Å². The summed E-state index contributed by atoms with van der Waals surface area (Å²) >= 11 is 1.08. The summed E-state index contributed by atoms with van der Waals surface area (Å²) in [7, 11) is 0. The average Bonchev–Trinajstić information content (AvgIpc) is 2.93. The fraction of sp³-hybridized carbons (Fsp3) is 0.143. The van der Waals surface area contributed by atoms with E-state index in [0.717, 1.165) is 17.3 Å². The van der Waals surface area contributed by atoms with Gasteiger partial charge >= 0.3 is 6.03 Å². The van der Waals surface area contributed by atoms with Gasteiger partial charge in [0.2, 0.25) is 11.1 Å². The predicted octanol–water partition coefficient (Wildman–Crippen LogP) is 1.79. The molecule has 0 bridgehead atoms. The van der Waals surface area contributed by atoms with Crippen molar-refractivity contribution in [2.45, 2.75) is 17.3 Å². The van der Waals surface area contributed by atoms with Crippen LogP contribution in [0.3, 0.4) is 0 Å². The lowest BCUT2D eigenvalue weighted by Gasteiger charge is -2.06. The first-order valence-corrected chi connectivity index (χ1v) is 7.45. The summed E-state index contributed by atoms with van der Waals surface area (Å²) in [6.07, 6.45) is 3.43. The summed E-state index contributed by atoms with van der Waals surface area (Å²) in [5, 5.41) is 8.44. The molecule has 120 valence electrons. The van der Waals surface area contributed by atoms with Crippen molar-refractivity contribution in [1.82, 2.24) is 20.5 Å². The minimum atomic E-state index is -0.902. The fourth-order valence-corrected chi connectivity index (χ4v) is 2.30. The third-order valence-corrected chi connectivity index (χ3v) is 3.64. The number of carbonyl (C=O) groups excluding carboxylic acids is 2. The molecule has 0 aliphatic carbocycles. The van der Waals surface area contributed by atoms with Crippen molar-refractivity contribution in [2.75, 3.05) is 0 Å². The van der Waals surface area contributed by atoms with E-state index in [2.05, 4.69) is 15.2 Å². The normalized spacial score (nSPS) is 12.3. The molecule has 7 nitrogen and oxygen atoms in total. The second kappa shape index (κ2) is 7.54. The summed E-state index contributed by atoms with van der Waals surface area (Å²) in [6, 6.07) is 5.09. The number of thioether (sulfide) groups is 1. The lowest BCUT2D eigenvalue weighted by Crippen LogP contribution is -2.39. The maximum atomic E-state index is 12.8. The van der Waals surface area contributed by atoms with Crippen LogP contribution in [0.2, 0.25) is 0 Å². The van der Waals surface area contributed by atoms with E-state index in [0.29, 0.717) is 11.0 Å². The van der Waals surface area contributed by atoms with E-state index in [1.165, 1.54) is 12.1 Å². The number of halogens is 1. The molecule has 1 aromatic carbocycles. The van der Waals surface area contributed by atoms with Gasteiger partial charge in [0.1, 0.15) is 11.6 Å². The van der Waals surface area contributed by atoms with Crippen LogP contribution in [0.4, 0.5) is 9.18 Å². The molecular weight excluding hydrogens is 321 g/mol. The van der Waals surface area contributed by atoms with Gasteiger partial charge in [0.05, 0.1) is 5.25 Å². The molecule has 23 heavy (non-hydrogen) atoms. The number of nitrogens with zero attached hydrogens (tertiary/aromatic N) is 2. The zero-order valence-electron chi connectivity index (χ0n) is 12.1. The summed E-state index contributed by atoms with van der Waals surface area (Å²) in [6.45, 7) is 1.60. The molecule has 1 unspecified atom stereocenters. The summed E-state index contributed by atoms with van der Waals surface area (Å²) in [5.74, 6) is -0.334. The van der Waals surface area contributed by atoms with Gasteiger partial charge in [0, 0.05) is 0 Å². The molecule has 0 fully saturated rings. The summed E-state index contributed by atoms with van der Waals surface area (Å²) < 4.78 is 12.8. The van der Waals surface area contributed by atoms with Crippen LogP contribution >= 0.6 is 11.8 Å². The summed E-state index contributed by atoms with van der Waals surface area (Å²) in [4.78, 5) is 26.4. The molecule has 2 rings (SSSR count). The smallest absolute Gasteiger partial charge is 0.318 e. The number of amides is 3. The van der Waals surface area contributed by atoms with E-state index >= 15 is 0 Å². The molecule has 2 aromatic rings. The van der Waals surface area contributed by atoms with Gasteiger partial charge in [-0.1, -0.05) is 30.0 Å². The highest BCUT2D eigenvalue weighted by molar-refractivity contribution is 8.00. The molecule has 1 aromatic heterocycles. The minimum Gasteiger partial charge on any atom is -0.351 e. The van der Waals surface area contributed by atoms with Gasteiger partial charge in [-0.3, -0.25) is 15.2 Å². The second-order valence-corrected chi connectivity index (χ2v) is 5.81. The maximum absolute atomic E-state index is 12.8. The Morgan fingerprint density at radius 2 is 2.04 bits per heavy atom. The number of rotatable bonds is 5. The van der Waals surface area contributed by atoms with Gasteiger partial charge in [-0.25, -0.2) is 14.2 Å². The zero-order valence-corrected chi connectivity index (χ0v) is 12.9. The molecule has 9 heteroatoms. The van der Waals surface area contributed by atoms with E-state index in [-0.39, 0.29) is 5.82 Å². The number of H-pyrrole nitrogens is 1. The Hall–Kier alpha value is -2.68. The Morgan fingerprint density at radius 3 is 2.70 bits per heavy atom. The number of imide groups is 1. The van der Waals surface area contributed by atoms with E-state index in [1.54, 1.807) is 31.2 Å². The van der Waals surface area contributed by atoms with Crippen LogP contribution in [0.5, 0.6) is 0 Å². The molecule has 3 amide bonds. The fourth-order valence-electron chi connectivity index (χ4n) is 1.57. The van der Waals surface area contributed by atoms with Crippen LogP contribution in [-0.4, -0.2) is 32.4 Å². The number of aromatic nitrogens is 3. The van der Waals surface area contributed by atoms with Gasteiger partial charge in [-0.2, -0.15) is 0 Å². The van der Waals surface area contributed by atoms with Crippen LogP contribution in [-0.2, 0) is 4.79 Å². The van der Waals surface area contributed by atoms with Crippen molar-refractivity contribution in [3.05, 3.63) is 41.5 Å². The third-order valence-electron chi connectivity index (χ3n) is 2.68. The van der Waals surface area contributed by atoms with Crippen molar-refractivity contribution in [2.24, 2.45) is 5.73 Å². The lowest BCUT2D eigenvalue weighted by atomic mass is 10.2. The highest BCUT2D eigenvalue weighted by Gasteiger charge is 2.17. The monoisotopic (exact) mass is 335 g/mol. The Labute approximate surface area is 135 Å². The quantitative estimate of drug-likeness (QED) is 0.721. The molecule has 0 aliphatic heterocycles. The number of hydrogen-bond donors (Lipinski definition) is 3. The molecule has 0 aliphatic rings. The Kier molecular flexibility index (Phi) is 5.47. The van der Waals surface area contributed by atoms with Crippen LogP contribution in [0.25, 0.3) is 12.2 Å². The largest absolute Gasteiger partial charge is 0.351 e. The van der Waals surface area contributed by atoms with Crippen LogP contribution in [0.15, 0.2) is 29.4 Å². The highest BCUT2D eigenvalue weighted by atomic mass is 32.2. The van der Waals surface area contributed by atoms with Crippen LogP contribution < -0.4 is 11.1 Å².